The number of sulfonamides is 1. The summed E-state index contributed by atoms with van der Waals surface area (Å²) in [5.74, 6) is 0.236. The number of carbonyl (C=O) groups is 1. The highest BCUT2D eigenvalue weighted by atomic mass is 35.5. The maximum absolute atomic E-state index is 13.0. The predicted molar refractivity (Wildman–Crippen MR) is 127 cm³/mol. The fourth-order valence-electron chi connectivity index (χ4n) is 3.05. The molecule has 0 aromatic heterocycles. The van der Waals surface area contributed by atoms with Crippen LogP contribution in [0.25, 0.3) is 0 Å². The molecule has 9 heteroatoms. The molecule has 0 aliphatic heterocycles. The second-order valence-corrected chi connectivity index (χ2v) is 9.47. The van der Waals surface area contributed by atoms with Gasteiger partial charge in [-0.25, -0.2) is 8.42 Å². The molecule has 3 aromatic rings. The van der Waals surface area contributed by atoms with Crippen LogP contribution in [0.15, 0.2) is 71.6 Å². The largest absolute Gasteiger partial charge is 0.454 e. The topological polar surface area (TPSA) is 75.7 Å². The number of hydrogen-bond acceptors (Lipinski definition) is 4. The molecule has 0 saturated carbocycles. The molecule has 0 unspecified atom stereocenters. The van der Waals surface area contributed by atoms with Gasteiger partial charge in [-0.3, -0.25) is 4.79 Å². The molecule has 0 saturated heterocycles. The molecular formula is C23H22Cl2N2O4S. The first-order chi connectivity index (χ1) is 15.3. The van der Waals surface area contributed by atoms with E-state index in [4.69, 9.17) is 27.9 Å². The van der Waals surface area contributed by atoms with Crippen molar-refractivity contribution >= 4 is 44.8 Å². The summed E-state index contributed by atoms with van der Waals surface area (Å²) in [7, 11) is -3.75. The number of para-hydroxylation sites is 3. The summed E-state index contributed by atoms with van der Waals surface area (Å²) in [4.78, 5) is 13.0. The number of nitrogens with zero attached hydrogens (tertiary/aromatic N) is 1. The highest BCUT2D eigenvalue weighted by Gasteiger charge is 2.24. The zero-order chi connectivity index (χ0) is 23.3. The summed E-state index contributed by atoms with van der Waals surface area (Å²) < 4.78 is 32.9. The number of rotatable bonds is 8. The molecule has 0 aliphatic rings. The van der Waals surface area contributed by atoms with Crippen molar-refractivity contribution in [3.05, 3.63) is 82.3 Å². The zero-order valence-corrected chi connectivity index (χ0v) is 19.8. The van der Waals surface area contributed by atoms with Crippen LogP contribution in [0.2, 0.25) is 10.0 Å². The maximum atomic E-state index is 13.0. The number of benzene rings is 3. The lowest BCUT2D eigenvalue weighted by Gasteiger charge is -2.19. The third kappa shape index (κ3) is 5.24. The van der Waals surface area contributed by atoms with Crippen LogP contribution >= 0.6 is 23.2 Å². The van der Waals surface area contributed by atoms with Gasteiger partial charge in [-0.15, -0.1) is 0 Å². The summed E-state index contributed by atoms with van der Waals surface area (Å²) in [5, 5.41) is 3.30. The van der Waals surface area contributed by atoms with E-state index in [1.54, 1.807) is 62.4 Å². The van der Waals surface area contributed by atoms with Crippen LogP contribution in [0.1, 0.15) is 24.2 Å². The average Bonchev–Trinajstić information content (AvgIpc) is 2.77. The molecule has 1 amide bonds. The normalized spacial score (nSPS) is 11.4. The minimum Gasteiger partial charge on any atom is -0.454 e. The fourth-order valence-corrected chi connectivity index (χ4v) is 4.91. The van der Waals surface area contributed by atoms with Gasteiger partial charge < -0.3 is 10.1 Å². The summed E-state index contributed by atoms with van der Waals surface area (Å²) in [6, 6.07) is 17.9. The molecule has 3 rings (SSSR count). The highest BCUT2D eigenvalue weighted by Crippen LogP contribution is 2.34. The summed E-state index contributed by atoms with van der Waals surface area (Å²) in [5.41, 5.74) is 0.415. The molecule has 0 heterocycles. The highest BCUT2D eigenvalue weighted by molar-refractivity contribution is 7.89. The Kier molecular flexibility index (Phi) is 7.79. The minimum atomic E-state index is -3.75. The van der Waals surface area contributed by atoms with E-state index in [0.717, 1.165) is 0 Å². The second-order valence-electron chi connectivity index (χ2n) is 6.71. The van der Waals surface area contributed by atoms with E-state index in [-0.39, 0.29) is 15.5 Å². The van der Waals surface area contributed by atoms with E-state index in [1.807, 2.05) is 0 Å². The van der Waals surface area contributed by atoms with Crippen molar-refractivity contribution in [1.29, 1.82) is 0 Å². The van der Waals surface area contributed by atoms with Crippen LogP contribution in [0.3, 0.4) is 0 Å². The van der Waals surface area contributed by atoms with Crippen LogP contribution in [0, 0.1) is 0 Å². The van der Waals surface area contributed by atoms with Gasteiger partial charge in [0.15, 0.2) is 5.75 Å². The average molecular weight is 493 g/mol. The molecule has 32 heavy (non-hydrogen) atoms. The zero-order valence-electron chi connectivity index (χ0n) is 17.5. The van der Waals surface area contributed by atoms with Gasteiger partial charge in [-0.1, -0.05) is 61.3 Å². The van der Waals surface area contributed by atoms with Crippen molar-refractivity contribution in [1.82, 2.24) is 4.31 Å². The Balaban J connectivity index is 1.91. The second kappa shape index (κ2) is 10.4. The van der Waals surface area contributed by atoms with Crippen molar-refractivity contribution in [2.75, 3.05) is 18.4 Å². The Bertz CT molecular complexity index is 1230. The Morgan fingerprint density at radius 3 is 2.19 bits per heavy atom. The van der Waals surface area contributed by atoms with Crippen LogP contribution in [0.5, 0.6) is 11.5 Å². The fraction of sp³-hybridized carbons (Fsp3) is 0.174. The number of ether oxygens (including phenoxy) is 1. The quantitative estimate of drug-likeness (QED) is 0.414. The van der Waals surface area contributed by atoms with Gasteiger partial charge in [0.25, 0.3) is 5.91 Å². The van der Waals surface area contributed by atoms with Gasteiger partial charge in [-0.2, -0.15) is 4.31 Å². The lowest BCUT2D eigenvalue weighted by atomic mass is 10.2. The molecule has 0 aliphatic carbocycles. The summed E-state index contributed by atoms with van der Waals surface area (Å²) >= 11 is 12.4. The number of halogens is 2. The van der Waals surface area contributed by atoms with Crippen molar-refractivity contribution in [3.63, 3.8) is 0 Å². The van der Waals surface area contributed by atoms with Crippen molar-refractivity contribution < 1.29 is 17.9 Å². The Hall–Kier alpha value is -2.58. The first-order valence-electron chi connectivity index (χ1n) is 9.90. The van der Waals surface area contributed by atoms with Crippen molar-refractivity contribution in [3.8, 4) is 11.5 Å². The number of anilines is 1. The van der Waals surface area contributed by atoms with Crippen molar-refractivity contribution in [2.24, 2.45) is 0 Å². The van der Waals surface area contributed by atoms with E-state index in [2.05, 4.69) is 5.32 Å². The molecule has 6 nitrogen and oxygen atoms in total. The molecule has 168 valence electrons. The summed E-state index contributed by atoms with van der Waals surface area (Å²) in [6.45, 7) is 4.13. The SMILES string of the molecule is CCN(CC)S(=O)(=O)c1ccc(Cl)c(C(=O)Nc2ccccc2Oc2ccccc2Cl)c1. The molecule has 0 atom stereocenters. The number of carbonyl (C=O) groups excluding carboxylic acids is 1. The van der Waals surface area contributed by atoms with Crippen LogP contribution < -0.4 is 10.1 Å². The van der Waals surface area contributed by atoms with Gasteiger partial charge in [0.05, 0.1) is 26.2 Å². The molecule has 0 spiro atoms. The van der Waals surface area contributed by atoms with Gasteiger partial charge in [-0.05, 0) is 42.5 Å². The number of amides is 1. The minimum absolute atomic E-state index is 0.00338. The maximum Gasteiger partial charge on any atom is 0.257 e. The summed E-state index contributed by atoms with van der Waals surface area (Å²) in [6.07, 6.45) is 0. The third-order valence-electron chi connectivity index (χ3n) is 4.72. The van der Waals surface area contributed by atoms with Gasteiger partial charge in [0.1, 0.15) is 5.75 Å². The van der Waals surface area contributed by atoms with E-state index in [9.17, 15) is 13.2 Å². The Labute approximate surface area is 197 Å². The van der Waals surface area contributed by atoms with E-state index < -0.39 is 15.9 Å². The molecule has 0 bridgehead atoms. The number of hydrogen-bond donors (Lipinski definition) is 1. The Morgan fingerprint density at radius 2 is 1.53 bits per heavy atom. The van der Waals surface area contributed by atoms with E-state index >= 15 is 0 Å². The smallest absolute Gasteiger partial charge is 0.257 e. The third-order valence-corrected chi connectivity index (χ3v) is 7.41. The predicted octanol–water partition coefficient (Wildman–Crippen LogP) is 6.07. The van der Waals surface area contributed by atoms with Gasteiger partial charge in [0.2, 0.25) is 10.0 Å². The lowest BCUT2D eigenvalue weighted by Crippen LogP contribution is -2.30. The van der Waals surface area contributed by atoms with E-state index in [1.165, 1.54) is 22.5 Å². The van der Waals surface area contributed by atoms with Crippen molar-refractivity contribution in [2.45, 2.75) is 18.7 Å². The van der Waals surface area contributed by atoms with E-state index in [0.29, 0.717) is 35.3 Å². The molecule has 1 N–H and O–H groups in total. The molecule has 0 fully saturated rings. The van der Waals surface area contributed by atoms with Crippen LogP contribution in [0.4, 0.5) is 5.69 Å². The molecule has 3 aromatic carbocycles. The molecular weight excluding hydrogens is 471 g/mol. The lowest BCUT2D eigenvalue weighted by molar-refractivity contribution is 0.102. The standard InChI is InChI=1S/C23H22Cl2N2O4S/c1-3-27(4-2)32(29,30)16-13-14-18(24)17(15-16)23(28)26-20-10-6-8-12-22(20)31-21-11-7-5-9-19(21)25/h5-15H,3-4H2,1-2H3,(H,26,28). The van der Waals surface area contributed by atoms with Crippen LogP contribution in [-0.2, 0) is 10.0 Å². The first kappa shape index (κ1) is 24.1. The Morgan fingerprint density at radius 1 is 0.906 bits per heavy atom. The number of nitrogens with one attached hydrogen (secondary N) is 1. The van der Waals surface area contributed by atoms with Gasteiger partial charge >= 0.3 is 0 Å². The first-order valence-corrected chi connectivity index (χ1v) is 12.1. The van der Waals surface area contributed by atoms with Gasteiger partial charge in [0, 0.05) is 13.1 Å². The monoisotopic (exact) mass is 492 g/mol. The molecule has 0 radical (unpaired) electrons. The van der Waals surface area contributed by atoms with Crippen LogP contribution in [-0.4, -0.2) is 31.7 Å².